The lowest BCUT2D eigenvalue weighted by Gasteiger charge is -1.97. The van der Waals surface area contributed by atoms with Gasteiger partial charge in [0.2, 0.25) is 0 Å². The molecule has 0 aliphatic carbocycles. The molecule has 1 heterocycles. The Morgan fingerprint density at radius 1 is 1.64 bits per heavy atom. The first-order valence-corrected chi connectivity index (χ1v) is 3.12. The predicted molar refractivity (Wildman–Crippen MR) is 40.9 cm³/mol. The number of carbonyl (C=O) groups is 1. The summed E-state index contributed by atoms with van der Waals surface area (Å²) < 4.78 is 1.57. The minimum absolute atomic E-state index is 0.192. The van der Waals surface area contributed by atoms with Crippen molar-refractivity contribution in [1.29, 1.82) is 0 Å². The standard InChI is InChI=1S/C6H10N4O/c1-3-9-5(7)4(6(8)11)10(3)2/h7H2,1-2H3,(H2,8,11). The van der Waals surface area contributed by atoms with Crippen molar-refractivity contribution in [1.82, 2.24) is 9.55 Å². The van der Waals surface area contributed by atoms with Gasteiger partial charge in [0.05, 0.1) is 0 Å². The van der Waals surface area contributed by atoms with E-state index in [1.807, 2.05) is 0 Å². The lowest BCUT2D eigenvalue weighted by molar-refractivity contribution is 0.0993. The quantitative estimate of drug-likeness (QED) is 0.566. The fourth-order valence-electron chi connectivity index (χ4n) is 0.927. The number of primary amides is 1. The number of hydrogen-bond donors (Lipinski definition) is 2. The van der Waals surface area contributed by atoms with Crippen LogP contribution in [0.4, 0.5) is 5.82 Å². The Morgan fingerprint density at radius 2 is 2.18 bits per heavy atom. The third-order valence-electron chi connectivity index (χ3n) is 1.58. The van der Waals surface area contributed by atoms with Crippen molar-refractivity contribution in [3.8, 4) is 0 Å². The molecule has 1 aromatic rings. The van der Waals surface area contributed by atoms with E-state index in [-0.39, 0.29) is 11.5 Å². The van der Waals surface area contributed by atoms with Crippen molar-refractivity contribution in [2.45, 2.75) is 6.92 Å². The second-order valence-electron chi connectivity index (χ2n) is 2.32. The summed E-state index contributed by atoms with van der Waals surface area (Å²) in [4.78, 5) is 14.6. The van der Waals surface area contributed by atoms with Gasteiger partial charge in [-0.1, -0.05) is 0 Å². The Bertz CT molecular complexity index is 302. The van der Waals surface area contributed by atoms with Crippen LogP contribution in [0.2, 0.25) is 0 Å². The van der Waals surface area contributed by atoms with Crippen LogP contribution in [-0.2, 0) is 7.05 Å². The molecule has 11 heavy (non-hydrogen) atoms. The maximum absolute atomic E-state index is 10.7. The number of nitrogens with zero attached hydrogens (tertiary/aromatic N) is 2. The lowest BCUT2D eigenvalue weighted by Crippen LogP contribution is -2.17. The van der Waals surface area contributed by atoms with E-state index in [4.69, 9.17) is 11.5 Å². The zero-order valence-electron chi connectivity index (χ0n) is 6.46. The maximum atomic E-state index is 10.7. The Balaban J connectivity index is 3.34. The van der Waals surface area contributed by atoms with Crippen LogP contribution >= 0.6 is 0 Å². The van der Waals surface area contributed by atoms with E-state index in [0.29, 0.717) is 5.82 Å². The van der Waals surface area contributed by atoms with Gasteiger partial charge < -0.3 is 16.0 Å². The average molecular weight is 154 g/mol. The number of aromatic nitrogens is 2. The normalized spacial score (nSPS) is 10.0. The number of rotatable bonds is 1. The van der Waals surface area contributed by atoms with E-state index in [1.54, 1.807) is 18.5 Å². The van der Waals surface area contributed by atoms with E-state index in [9.17, 15) is 4.79 Å². The maximum Gasteiger partial charge on any atom is 0.269 e. The molecule has 1 amide bonds. The van der Waals surface area contributed by atoms with Crippen LogP contribution < -0.4 is 11.5 Å². The van der Waals surface area contributed by atoms with Crippen LogP contribution in [-0.4, -0.2) is 15.5 Å². The smallest absolute Gasteiger partial charge is 0.269 e. The number of anilines is 1. The first-order valence-electron chi connectivity index (χ1n) is 3.12. The number of imidazole rings is 1. The molecule has 0 unspecified atom stereocenters. The highest BCUT2D eigenvalue weighted by Crippen LogP contribution is 2.09. The summed E-state index contributed by atoms with van der Waals surface area (Å²) in [7, 11) is 1.69. The van der Waals surface area contributed by atoms with Gasteiger partial charge in [-0.25, -0.2) is 4.98 Å². The van der Waals surface area contributed by atoms with Gasteiger partial charge in [-0.05, 0) is 6.92 Å². The molecule has 0 bridgehead atoms. The minimum atomic E-state index is -0.550. The molecule has 5 heteroatoms. The third-order valence-corrected chi connectivity index (χ3v) is 1.58. The van der Waals surface area contributed by atoms with E-state index in [1.165, 1.54) is 0 Å². The van der Waals surface area contributed by atoms with Crippen molar-refractivity contribution in [3.05, 3.63) is 11.5 Å². The molecule has 60 valence electrons. The van der Waals surface area contributed by atoms with Gasteiger partial charge in [-0.15, -0.1) is 0 Å². The monoisotopic (exact) mass is 154 g/mol. The van der Waals surface area contributed by atoms with Gasteiger partial charge in [0.15, 0.2) is 11.5 Å². The second-order valence-corrected chi connectivity index (χ2v) is 2.32. The molecule has 1 aromatic heterocycles. The van der Waals surface area contributed by atoms with Crippen molar-refractivity contribution >= 4 is 11.7 Å². The SMILES string of the molecule is Cc1nc(N)c(C(N)=O)n1C. The van der Waals surface area contributed by atoms with Gasteiger partial charge >= 0.3 is 0 Å². The Kier molecular flexibility index (Phi) is 1.56. The number of aryl methyl sites for hydroxylation is 1. The molecule has 0 aliphatic heterocycles. The fraction of sp³-hybridized carbons (Fsp3) is 0.333. The summed E-state index contributed by atoms with van der Waals surface area (Å²) in [5.41, 5.74) is 10.7. The lowest BCUT2D eigenvalue weighted by atomic mass is 10.4. The highest BCUT2D eigenvalue weighted by molar-refractivity contribution is 5.95. The van der Waals surface area contributed by atoms with Gasteiger partial charge in [0.1, 0.15) is 5.82 Å². The van der Waals surface area contributed by atoms with Crippen LogP contribution in [0.25, 0.3) is 0 Å². The zero-order valence-corrected chi connectivity index (χ0v) is 6.46. The number of amides is 1. The molecule has 4 N–H and O–H groups in total. The first-order chi connectivity index (χ1) is 5.04. The second kappa shape index (κ2) is 2.26. The highest BCUT2D eigenvalue weighted by Gasteiger charge is 2.13. The van der Waals surface area contributed by atoms with E-state index >= 15 is 0 Å². The summed E-state index contributed by atoms with van der Waals surface area (Å²) >= 11 is 0. The third kappa shape index (κ3) is 1.04. The van der Waals surface area contributed by atoms with Gasteiger partial charge in [-0.3, -0.25) is 4.79 Å². The highest BCUT2D eigenvalue weighted by atomic mass is 16.1. The number of nitrogen functional groups attached to an aromatic ring is 1. The summed E-state index contributed by atoms with van der Waals surface area (Å²) in [6.45, 7) is 1.75. The Hall–Kier alpha value is -1.52. The first kappa shape index (κ1) is 7.59. The number of hydrogen-bond acceptors (Lipinski definition) is 3. The summed E-state index contributed by atoms with van der Waals surface area (Å²) in [6.07, 6.45) is 0. The Morgan fingerprint density at radius 3 is 2.36 bits per heavy atom. The van der Waals surface area contributed by atoms with Crippen LogP contribution in [0.15, 0.2) is 0 Å². The fourth-order valence-corrected chi connectivity index (χ4v) is 0.927. The van der Waals surface area contributed by atoms with E-state index in [2.05, 4.69) is 4.98 Å². The van der Waals surface area contributed by atoms with Crippen LogP contribution in [0, 0.1) is 6.92 Å². The summed E-state index contributed by atoms with van der Waals surface area (Å²) in [6, 6.07) is 0. The van der Waals surface area contributed by atoms with Crippen molar-refractivity contribution in [2.75, 3.05) is 5.73 Å². The molecule has 0 aliphatic rings. The number of nitrogens with two attached hydrogens (primary N) is 2. The average Bonchev–Trinajstić information content (AvgIpc) is 2.07. The van der Waals surface area contributed by atoms with Crippen molar-refractivity contribution in [3.63, 3.8) is 0 Å². The zero-order chi connectivity index (χ0) is 8.59. The van der Waals surface area contributed by atoms with Gasteiger partial charge in [-0.2, -0.15) is 0 Å². The minimum Gasteiger partial charge on any atom is -0.382 e. The van der Waals surface area contributed by atoms with Crippen molar-refractivity contribution in [2.24, 2.45) is 12.8 Å². The topological polar surface area (TPSA) is 86.9 Å². The van der Waals surface area contributed by atoms with Gasteiger partial charge in [0.25, 0.3) is 5.91 Å². The number of carbonyl (C=O) groups excluding carboxylic acids is 1. The van der Waals surface area contributed by atoms with Crippen molar-refractivity contribution < 1.29 is 4.79 Å². The molecule has 0 saturated carbocycles. The van der Waals surface area contributed by atoms with Crippen LogP contribution in [0.3, 0.4) is 0 Å². The largest absolute Gasteiger partial charge is 0.382 e. The molecule has 1 rings (SSSR count). The van der Waals surface area contributed by atoms with Gasteiger partial charge in [0, 0.05) is 7.05 Å². The van der Waals surface area contributed by atoms with Crippen LogP contribution in [0.1, 0.15) is 16.3 Å². The molecule has 5 nitrogen and oxygen atoms in total. The molecule has 0 saturated heterocycles. The summed E-state index contributed by atoms with van der Waals surface area (Å²) in [5, 5.41) is 0. The van der Waals surface area contributed by atoms with Crippen LogP contribution in [0.5, 0.6) is 0 Å². The Labute approximate surface area is 64.0 Å². The molecule has 0 atom stereocenters. The summed E-state index contributed by atoms with van der Waals surface area (Å²) in [5.74, 6) is 0.319. The molecule has 0 radical (unpaired) electrons. The van der Waals surface area contributed by atoms with E-state index in [0.717, 1.165) is 0 Å². The molecule has 0 spiro atoms. The molecule has 0 aromatic carbocycles. The van der Waals surface area contributed by atoms with E-state index < -0.39 is 5.91 Å². The molecule has 0 fully saturated rings. The molecular formula is C6H10N4O. The predicted octanol–water partition coefficient (Wildman–Crippen LogP) is -0.590. The molecular weight excluding hydrogens is 144 g/mol.